The summed E-state index contributed by atoms with van der Waals surface area (Å²) in [7, 11) is 3.23. The van der Waals surface area contributed by atoms with Gasteiger partial charge < -0.3 is 23.7 Å². The van der Waals surface area contributed by atoms with E-state index < -0.39 is 0 Å². The van der Waals surface area contributed by atoms with Gasteiger partial charge in [0, 0.05) is 0 Å². The third kappa shape index (κ3) is 4.45. The summed E-state index contributed by atoms with van der Waals surface area (Å²) in [6.07, 6.45) is 4.03. The zero-order valence-corrected chi connectivity index (χ0v) is 14.5. The molecule has 4 bridgehead atoms. The Hall–Kier alpha value is -2.66. The quantitative estimate of drug-likeness (QED) is 0.833. The molecule has 0 saturated carbocycles. The second-order valence-electron chi connectivity index (χ2n) is 5.47. The molecule has 4 aliphatic heterocycles. The third-order valence-corrected chi connectivity index (χ3v) is 3.80. The van der Waals surface area contributed by atoms with E-state index in [4.69, 9.17) is 23.7 Å². The van der Waals surface area contributed by atoms with E-state index in [1.54, 1.807) is 14.2 Å². The fourth-order valence-corrected chi connectivity index (χ4v) is 2.53. The normalized spacial score (nSPS) is 15.8. The van der Waals surface area contributed by atoms with E-state index >= 15 is 0 Å². The maximum Gasteiger partial charge on any atom is 0.203 e. The van der Waals surface area contributed by atoms with Gasteiger partial charge in [0.05, 0.1) is 27.4 Å². The first-order chi connectivity index (χ1) is 12.3. The molecule has 0 atom stereocenters. The van der Waals surface area contributed by atoms with Crippen LogP contribution >= 0.6 is 0 Å². The van der Waals surface area contributed by atoms with E-state index in [1.807, 2.05) is 48.6 Å². The number of hydrogen-bond acceptors (Lipinski definition) is 5. The van der Waals surface area contributed by atoms with Crippen molar-refractivity contribution in [2.45, 2.75) is 0 Å². The van der Waals surface area contributed by atoms with Gasteiger partial charge >= 0.3 is 0 Å². The average molecular weight is 342 g/mol. The van der Waals surface area contributed by atoms with Crippen molar-refractivity contribution in [2.75, 3.05) is 40.6 Å². The Kier molecular flexibility index (Phi) is 5.80. The van der Waals surface area contributed by atoms with Gasteiger partial charge in [0.2, 0.25) is 5.75 Å². The summed E-state index contributed by atoms with van der Waals surface area (Å²) in [6.45, 7) is 1.85. The first-order valence-electron chi connectivity index (χ1n) is 8.17. The van der Waals surface area contributed by atoms with Crippen LogP contribution in [0, 0.1) is 0 Å². The molecule has 0 fully saturated rings. The largest absolute Gasteiger partial charge is 0.493 e. The standard InChI is InChI=1S/C20H22O5/c1-21-18-13-16-4-3-15-5-7-17(8-6-15)24-11-9-23-10-12-25-20(18)19(14-16)22-2/h3-8,13-14H,9-12H2,1-2H3/b4-3-. The molecule has 0 unspecified atom stereocenters. The molecule has 0 aliphatic carbocycles. The lowest BCUT2D eigenvalue weighted by atomic mass is 10.1. The molecule has 132 valence electrons. The van der Waals surface area contributed by atoms with Crippen LogP contribution in [-0.4, -0.2) is 40.6 Å². The Labute approximate surface area is 147 Å². The highest BCUT2D eigenvalue weighted by Gasteiger charge is 2.13. The number of rotatable bonds is 2. The minimum Gasteiger partial charge on any atom is -0.493 e. The van der Waals surface area contributed by atoms with Gasteiger partial charge in [0.1, 0.15) is 19.0 Å². The molecule has 0 aromatic heterocycles. The van der Waals surface area contributed by atoms with Crippen LogP contribution in [-0.2, 0) is 4.74 Å². The van der Waals surface area contributed by atoms with Crippen LogP contribution in [0.4, 0.5) is 0 Å². The van der Waals surface area contributed by atoms with Gasteiger partial charge in [-0.05, 0) is 35.4 Å². The fourth-order valence-electron chi connectivity index (χ4n) is 2.53. The highest BCUT2D eigenvalue weighted by Crippen LogP contribution is 2.39. The van der Waals surface area contributed by atoms with Crippen molar-refractivity contribution in [3.63, 3.8) is 0 Å². The minimum absolute atomic E-state index is 0.399. The molecule has 0 radical (unpaired) electrons. The number of hydrogen-bond donors (Lipinski definition) is 0. The van der Waals surface area contributed by atoms with E-state index in [2.05, 4.69) is 0 Å². The highest BCUT2D eigenvalue weighted by atomic mass is 16.6. The zero-order chi connectivity index (χ0) is 17.5. The summed E-state index contributed by atoms with van der Waals surface area (Å²) in [5.74, 6) is 2.66. The monoisotopic (exact) mass is 342 g/mol. The topological polar surface area (TPSA) is 46.2 Å². The maximum atomic E-state index is 5.81. The van der Waals surface area contributed by atoms with E-state index in [9.17, 15) is 0 Å². The number of methoxy groups -OCH3 is 2. The predicted molar refractivity (Wildman–Crippen MR) is 96.7 cm³/mol. The summed E-state index contributed by atoms with van der Waals surface area (Å²) in [5, 5.41) is 0. The van der Waals surface area contributed by atoms with Gasteiger partial charge in [-0.15, -0.1) is 0 Å². The molecule has 0 spiro atoms. The van der Waals surface area contributed by atoms with Crippen LogP contribution in [0.2, 0.25) is 0 Å². The van der Waals surface area contributed by atoms with Gasteiger partial charge in [-0.3, -0.25) is 0 Å². The van der Waals surface area contributed by atoms with E-state index in [0.717, 1.165) is 16.9 Å². The molecular formula is C20H22O5. The van der Waals surface area contributed by atoms with E-state index in [1.165, 1.54) is 0 Å². The molecule has 25 heavy (non-hydrogen) atoms. The predicted octanol–water partition coefficient (Wildman–Crippen LogP) is 3.66. The van der Waals surface area contributed by atoms with Crippen molar-refractivity contribution >= 4 is 12.2 Å². The zero-order valence-electron chi connectivity index (χ0n) is 14.5. The first kappa shape index (κ1) is 17.2. The molecule has 6 rings (SSSR count). The lowest BCUT2D eigenvalue weighted by molar-refractivity contribution is 0.0750. The summed E-state index contributed by atoms with van der Waals surface area (Å²) >= 11 is 0. The Bertz CT molecular complexity index is 696. The van der Waals surface area contributed by atoms with Gasteiger partial charge in [-0.1, -0.05) is 24.3 Å². The summed E-state index contributed by atoms with van der Waals surface area (Å²) < 4.78 is 27.9. The van der Waals surface area contributed by atoms with Gasteiger partial charge in [0.25, 0.3) is 0 Å². The second-order valence-corrected chi connectivity index (χ2v) is 5.47. The Balaban J connectivity index is 1.95. The van der Waals surface area contributed by atoms with Gasteiger partial charge in [-0.25, -0.2) is 0 Å². The molecule has 2 aromatic rings. The van der Waals surface area contributed by atoms with Crippen molar-refractivity contribution < 1.29 is 23.7 Å². The highest BCUT2D eigenvalue weighted by molar-refractivity contribution is 5.72. The molecule has 0 N–H and O–H groups in total. The lowest BCUT2D eigenvalue weighted by Crippen LogP contribution is -2.12. The van der Waals surface area contributed by atoms with Crippen molar-refractivity contribution in [1.82, 2.24) is 0 Å². The van der Waals surface area contributed by atoms with Gasteiger partial charge in [0.15, 0.2) is 11.5 Å². The average Bonchev–Trinajstić information content (AvgIpc) is 2.66. The minimum atomic E-state index is 0.399. The van der Waals surface area contributed by atoms with E-state index in [-0.39, 0.29) is 0 Å². The van der Waals surface area contributed by atoms with Crippen molar-refractivity contribution in [2.24, 2.45) is 0 Å². The Morgan fingerprint density at radius 1 is 0.720 bits per heavy atom. The molecule has 2 aromatic carbocycles. The van der Waals surface area contributed by atoms with Crippen molar-refractivity contribution in [1.29, 1.82) is 0 Å². The first-order valence-corrected chi connectivity index (χ1v) is 8.17. The lowest BCUT2D eigenvalue weighted by Gasteiger charge is -2.15. The molecule has 4 aliphatic rings. The molecule has 0 amide bonds. The van der Waals surface area contributed by atoms with Gasteiger partial charge in [-0.2, -0.15) is 0 Å². The van der Waals surface area contributed by atoms with Crippen LogP contribution in [0.25, 0.3) is 12.2 Å². The fraction of sp³-hybridized carbons (Fsp3) is 0.300. The second kappa shape index (κ2) is 8.44. The van der Waals surface area contributed by atoms with Crippen LogP contribution < -0.4 is 18.9 Å². The van der Waals surface area contributed by atoms with Crippen LogP contribution in [0.15, 0.2) is 36.4 Å². The smallest absolute Gasteiger partial charge is 0.203 e. The van der Waals surface area contributed by atoms with E-state index in [0.29, 0.717) is 43.7 Å². The van der Waals surface area contributed by atoms with Crippen LogP contribution in [0.5, 0.6) is 23.0 Å². The molecule has 5 heteroatoms. The van der Waals surface area contributed by atoms with Crippen LogP contribution in [0.1, 0.15) is 11.1 Å². The molecule has 5 nitrogen and oxygen atoms in total. The van der Waals surface area contributed by atoms with Crippen molar-refractivity contribution in [3.05, 3.63) is 47.5 Å². The number of ether oxygens (including phenoxy) is 5. The number of benzene rings is 2. The maximum absolute atomic E-state index is 5.81. The summed E-state index contributed by atoms with van der Waals surface area (Å²) in [4.78, 5) is 0. The van der Waals surface area contributed by atoms with Crippen molar-refractivity contribution in [3.8, 4) is 23.0 Å². The Morgan fingerprint density at radius 2 is 1.32 bits per heavy atom. The molecule has 0 saturated heterocycles. The summed E-state index contributed by atoms with van der Waals surface area (Å²) in [5.41, 5.74) is 2.04. The summed E-state index contributed by atoms with van der Waals surface area (Å²) in [6, 6.07) is 11.8. The molecule has 4 heterocycles. The molecular weight excluding hydrogens is 320 g/mol. The Morgan fingerprint density at radius 3 is 1.96 bits per heavy atom. The van der Waals surface area contributed by atoms with Crippen LogP contribution in [0.3, 0.4) is 0 Å². The SMILES string of the molecule is COc1cc2cc(OC)c1OCCOCCOc1ccc(cc1)/C=C\2. The third-order valence-electron chi connectivity index (χ3n) is 3.80.